The molecule has 0 radical (unpaired) electrons. The molecule has 1 spiro atoms. The fourth-order valence-electron chi connectivity index (χ4n) is 4.73. The molecule has 21 heavy (non-hydrogen) atoms. The fraction of sp³-hybridized carbons (Fsp3) is 0.733. The summed E-state index contributed by atoms with van der Waals surface area (Å²) in [6.07, 6.45) is -0.227. The highest BCUT2D eigenvalue weighted by atomic mass is 17.2. The molecule has 2 saturated heterocycles. The number of aliphatic hydroxyl groups is 1. The molecule has 2 bridgehead atoms. The number of hydrogen-bond acceptors (Lipinski definition) is 6. The third-order valence-electron chi connectivity index (χ3n) is 5.90. The van der Waals surface area contributed by atoms with Gasteiger partial charge in [0.15, 0.2) is 17.5 Å². The van der Waals surface area contributed by atoms with E-state index in [1.807, 2.05) is 6.92 Å². The summed E-state index contributed by atoms with van der Waals surface area (Å²) in [4.78, 5) is 35.5. The zero-order valence-electron chi connectivity index (χ0n) is 12.2. The van der Waals surface area contributed by atoms with Crippen LogP contribution in [0.15, 0.2) is 11.6 Å². The lowest BCUT2D eigenvalue weighted by Gasteiger charge is -2.60. The van der Waals surface area contributed by atoms with Gasteiger partial charge in [0.2, 0.25) is 0 Å². The Hall–Kier alpha value is -1.24. The maximum Gasteiger partial charge on any atom is 0.309 e. The molecular formula is C15H18O6. The lowest BCUT2D eigenvalue weighted by Crippen LogP contribution is -2.74. The Bertz CT molecular complexity index is 583. The van der Waals surface area contributed by atoms with E-state index in [0.717, 1.165) is 5.57 Å². The van der Waals surface area contributed by atoms with Gasteiger partial charge >= 0.3 is 5.97 Å². The van der Waals surface area contributed by atoms with Crippen molar-refractivity contribution in [2.75, 3.05) is 0 Å². The van der Waals surface area contributed by atoms with Crippen molar-refractivity contribution in [3.05, 3.63) is 11.6 Å². The minimum absolute atomic E-state index is 0.118. The largest absolute Gasteiger partial charge is 0.458 e. The molecule has 0 aromatic rings. The molecule has 5 aliphatic rings. The topological polar surface area (TPSA) is 82.1 Å². The van der Waals surface area contributed by atoms with Crippen LogP contribution < -0.4 is 0 Å². The molecule has 6 heteroatoms. The molecule has 0 aromatic carbocycles. The summed E-state index contributed by atoms with van der Waals surface area (Å²) in [6, 6.07) is 0. The lowest BCUT2D eigenvalue weighted by atomic mass is 9.51. The van der Waals surface area contributed by atoms with Crippen LogP contribution in [0.25, 0.3) is 0 Å². The zero-order valence-corrected chi connectivity index (χ0v) is 12.2. The van der Waals surface area contributed by atoms with Crippen molar-refractivity contribution in [1.82, 2.24) is 0 Å². The number of rotatable bonds is 0. The van der Waals surface area contributed by atoms with E-state index in [-0.39, 0.29) is 24.1 Å². The van der Waals surface area contributed by atoms with Gasteiger partial charge in [-0.1, -0.05) is 6.92 Å². The molecule has 114 valence electrons. The number of Topliss-reactive ketones (excluding diaryl/α,β-unsaturated/α-hetero) is 1. The minimum Gasteiger partial charge on any atom is -0.458 e. The van der Waals surface area contributed by atoms with Gasteiger partial charge in [-0.3, -0.25) is 9.59 Å². The molecule has 7 atom stereocenters. The molecular weight excluding hydrogens is 276 g/mol. The predicted octanol–water partition coefficient (Wildman–Crippen LogP) is 0.533. The molecule has 0 amide bonds. The second-order valence-electron chi connectivity index (χ2n) is 6.88. The molecule has 6 nitrogen and oxygen atoms in total. The molecule has 3 aliphatic heterocycles. The van der Waals surface area contributed by atoms with Crippen molar-refractivity contribution in [3.63, 3.8) is 0 Å². The van der Waals surface area contributed by atoms with Crippen molar-refractivity contribution in [2.45, 2.75) is 51.1 Å². The van der Waals surface area contributed by atoms with Crippen LogP contribution in [0, 0.1) is 17.3 Å². The molecule has 2 aliphatic carbocycles. The minimum atomic E-state index is -1.12. The Kier molecular flexibility index (Phi) is 2.39. The van der Waals surface area contributed by atoms with Gasteiger partial charge in [-0.25, -0.2) is 9.78 Å². The summed E-state index contributed by atoms with van der Waals surface area (Å²) in [7, 11) is 0. The number of esters is 1. The number of carbonyl (C=O) groups is 2. The number of ketones is 1. The first-order chi connectivity index (χ1) is 9.83. The van der Waals surface area contributed by atoms with Gasteiger partial charge in [-0.2, -0.15) is 0 Å². The van der Waals surface area contributed by atoms with Gasteiger partial charge < -0.3 is 9.84 Å². The van der Waals surface area contributed by atoms with Gasteiger partial charge in [-0.05, 0) is 31.9 Å². The first-order valence-electron chi connectivity index (χ1n) is 7.29. The fourth-order valence-corrected chi connectivity index (χ4v) is 4.73. The number of ether oxygens (including phenoxy) is 1. The lowest BCUT2D eigenvalue weighted by molar-refractivity contribution is -0.431. The van der Waals surface area contributed by atoms with Crippen molar-refractivity contribution in [3.8, 4) is 0 Å². The van der Waals surface area contributed by atoms with Crippen LogP contribution in [-0.4, -0.2) is 40.8 Å². The highest BCUT2D eigenvalue weighted by Gasteiger charge is 2.75. The van der Waals surface area contributed by atoms with Crippen molar-refractivity contribution in [1.29, 1.82) is 0 Å². The van der Waals surface area contributed by atoms with E-state index in [2.05, 4.69) is 0 Å². The van der Waals surface area contributed by atoms with Gasteiger partial charge in [0.25, 0.3) is 0 Å². The highest BCUT2D eigenvalue weighted by molar-refractivity contribution is 5.95. The van der Waals surface area contributed by atoms with Crippen LogP contribution >= 0.6 is 0 Å². The number of carbonyl (C=O) groups excluding carboxylic acids is 2. The molecule has 5 rings (SSSR count). The number of fused-ring (bicyclic) bond motifs is 2. The Morgan fingerprint density at radius 3 is 2.76 bits per heavy atom. The van der Waals surface area contributed by atoms with Crippen LogP contribution in [-0.2, 0) is 24.1 Å². The molecule has 3 heterocycles. The normalized spacial score (nSPS) is 54.9. The van der Waals surface area contributed by atoms with E-state index in [0.29, 0.717) is 0 Å². The van der Waals surface area contributed by atoms with E-state index in [4.69, 9.17) is 14.5 Å². The molecule has 1 N–H and O–H groups in total. The van der Waals surface area contributed by atoms with Crippen LogP contribution in [0.1, 0.15) is 27.2 Å². The van der Waals surface area contributed by atoms with E-state index < -0.39 is 35.2 Å². The van der Waals surface area contributed by atoms with Gasteiger partial charge in [0.1, 0.15) is 6.10 Å². The van der Waals surface area contributed by atoms with Gasteiger partial charge in [0, 0.05) is 5.92 Å². The summed E-state index contributed by atoms with van der Waals surface area (Å²) in [5.41, 5.74) is -1.23. The molecule has 1 saturated carbocycles. The Morgan fingerprint density at radius 2 is 2.10 bits per heavy atom. The standard InChI is InChI=1S/C15H18O6/c1-6-4-9-11(17)14(3)5-8(16)10-7(2)13(18)19-12(10)15(6,14)21-20-9/h4,7-10,12,16H,5H2,1-3H3/t7-,8-,9-,10+,12-,14-,15-/m0/s1. The average Bonchev–Trinajstić information content (AvgIpc) is 2.72. The van der Waals surface area contributed by atoms with E-state index in [1.54, 1.807) is 19.9 Å². The van der Waals surface area contributed by atoms with Gasteiger partial charge in [0.05, 0.1) is 17.4 Å². The molecule has 0 aromatic heterocycles. The summed E-state index contributed by atoms with van der Waals surface area (Å²) in [5.74, 6) is -1.29. The number of aliphatic hydroxyl groups excluding tert-OH is 1. The van der Waals surface area contributed by atoms with Crippen LogP contribution in [0.2, 0.25) is 0 Å². The van der Waals surface area contributed by atoms with Crippen LogP contribution in [0.4, 0.5) is 0 Å². The third-order valence-corrected chi connectivity index (χ3v) is 5.90. The summed E-state index contributed by atoms with van der Waals surface area (Å²) < 4.78 is 5.52. The summed E-state index contributed by atoms with van der Waals surface area (Å²) in [5, 5.41) is 10.5. The van der Waals surface area contributed by atoms with Gasteiger partial charge in [-0.15, -0.1) is 0 Å². The maximum absolute atomic E-state index is 12.7. The maximum atomic E-state index is 12.7. The van der Waals surface area contributed by atoms with Crippen molar-refractivity contribution >= 4 is 11.8 Å². The summed E-state index contributed by atoms with van der Waals surface area (Å²) in [6.45, 7) is 5.38. The zero-order chi connectivity index (χ0) is 15.2. The molecule has 0 unspecified atom stereocenters. The number of hydrogen-bond donors (Lipinski definition) is 1. The second-order valence-corrected chi connectivity index (χ2v) is 6.88. The average molecular weight is 294 g/mol. The first-order valence-corrected chi connectivity index (χ1v) is 7.29. The molecule has 3 fully saturated rings. The SMILES string of the molecule is CC1=C[C@@H]2OO[C@]13[C@H]1OC(=O)[C@@H](C)[C@@H]1[C@@H](O)C[C@@]3(C)C2=O. The monoisotopic (exact) mass is 294 g/mol. The van der Waals surface area contributed by atoms with Crippen LogP contribution in [0.3, 0.4) is 0 Å². The summed E-state index contributed by atoms with van der Waals surface area (Å²) >= 11 is 0. The van der Waals surface area contributed by atoms with E-state index in [9.17, 15) is 14.7 Å². The second kappa shape index (κ2) is 3.74. The smallest absolute Gasteiger partial charge is 0.309 e. The Morgan fingerprint density at radius 1 is 1.38 bits per heavy atom. The van der Waals surface area contributed by atoms with E-state index in [1.165, 1.54) is 0 Å². The quantitative estimate of drug-likeness (QED) is 0.399. The Balaban J connectivity index is 1.94. The highest BCUT2D eigenvalue weighted by Crippen LogP contribution is 2.61. The third kappa shape index (κ3) is 1.26. The van der Waals surface area contributed by atoms with E-state index >= 15 is 0 Å². The van der Waals surface area contributed by atoms with Crippen molar-refractivity contribution in [2.24, 2.45) is 17.3 Å². The Labute approximate surface area is 122 Å². The van der Waals surface area contributed by atoms with Crippen LogP contribution in [0.5, 0.6) is 0 Å². The predicted molar refractivity (Wildman–Crippen MR) is 68.7 cm³/mol. The first kappa shape index (κ1) is 13.4. The van der Waals surface area contributed by atoms with Crippen molar-refractivity contribution < 1.29 is 29.2 Å².